The highest BCUT2D eigenvalue weighted by atomic mass is 19.1. The second-order valence-corrected chi connectivity index (χ2v) is 5.06. The first-order valence-electron chi connectivity index (χ1n) is 7.01. The zero-order valence-electron chi connectivity index (χ0n) is 12.1. The van der Waals surface area contributed by atoms with Crippen molar-refractivity contribution in [2.75, 3.05) is 0 Å². The zero-order valence-corrected chi connectivity index (χ0v) is 12.1. The molecule has 0 fully saturated rings. The van der Waals surface area contributed by atoms with E-state index < -0.39 is 0 Å². The molecule has 1 heteroatoms. The van der Waals surface area contributed by atoms with Gasteiger partial charge in [-0.25, -0.2) is 4.39 Å². The Balaban J connectivity index is 2.97. The summed E-state index contributed by atoms with van der Waals surface area (Å²) in [6, 6.07) is 3.71. The number of rotatable bonds is 6. The smallest absolute Gasteiger partial charge is 0.126 e. The lowest BCUT2D eigenvalue weighted by atomic mass is 9.89. The summed E-state index contributed by atoms with van der Waals surface area (Å²) in [7, 11) is 0. The van der Waals surface area contributed by atoms with E-state index in [0.717, 1.165) is 36.8 Å². The van der Waals surface area contributed by atoms with Crippen molar-refractivity contribution in [3.05, 3.63) is 46.8 Å². The summed E-state index contributed by atoms with van der Waals surface area (Å²) in [5.74, 6) is 0.276. The van der Waals surface area contributed by atoms with Crippen LogP contribution in [-0.4, -0.2) is 0 Å². The van der Waals surface area contributed by atoms with Gasteiger partial charge in [0.25, 0.3) is 0 Å². The fourth-order valence-corrected chi connectivity index (χ4v) is 2.29. The van der Waals surface area contributed by atoms with Crippen LogP contribution in [0.5, 0.6) is 0 Å². The summed E-state index contributed by atoms with van der Waals surface area (Å²) < 4.78 is 14.1. The Bertz CT molecular complexity index is 404. The highest BCUT2D eigenvalue weighted by Gasteiger charge is 2.15. The molecule has 0 aliphatic rings. The maximum atomic E-state index is 14.1. The van der Waals surface area contributed by atoms with E-state index in [2.05, 4.69) is 32.9 Å². The van der Waals surface area contributed by atoms with E-state index in [9.17, 15) is 4.39 Å². The van der Waals surface area contributed by atoms with Crippen LogP contribution in [0.2, 0.25) is 0 Å². The number of aryl methyl sites for hydroxylation is 2. The van der Waals surface area contributed by atoms with Crippen LogP contribution in [0, 0.1) is 19.7 Å². The minimum Gasteiger partial charge on any atom is -0.207 e. The molecular weight excluding hydrogens is 223 g/mol. The van der Waals surface area contributed by atoms with E-state index in [1.165, 1.54) is 5.56 Å². The van der Waals surface area contributed by atoms with Crippen LogP contribution >= 0.6 is 0 Å². The third kappa shape index (κ3) is 3.97. The number of halogens is 1. The summed E-state index contributed by atoms with van der Waals surface area (Å²) >= 11 is 0. The average molecular weight is 248 g/mol. The molecule has 1 aromatic rings. The third-order valence-corrected chi connectivity index (χ3v) is 3.51. The molecule has 0 radical (unpaired) electrons. The van der Waals surface area contributed by atoms with Crippen molar-refractivity contribution >= 4 is 0 Å². The number of benzene rings is 1. The van der Waals surface area contributed by atoms with Gasteiger partial charge in [-0.15, -0.1) is 0 Å². The lowest BCUT2D eigenvalue weighted by Gasteiger charge is -2.17. The fraction of sp³-hybridized carbons (Fsp3) is 0.529. The molecule has 0 aliphatic heterocycles. The van der Waals surface area contributed by atoms with E-state index in [-0.39, 0.29) is 5.82 Å². The van der Waals surface area contributed by atoms with Gasteiger partial charge in [-0.1, -0.05) is 38.5 Å². The predicted molar refractivity (Wildman–Crippen MR) is 77.6 cm³/mol. The molecule has 1 unspecified atom stereocenters. The molecule has 1 aromatic carbocycles. The molecule has 0 heterocycles. The number of allylic oxidation sites excluding steroid dienone is 2. The van der Waals surface area contributed by atoms with E-state index >= 15 is 0 Å². The minimum absolute atomic E-state index is 0.0403. The van der Waals surface area contributed by atoms with E-state index in [0.29, 0.717) is 5.92 Å². The third-order valence-electron chi connectivity index (χ3n) is 3.51. The number of hydrogen-bond donors (Lipinski definition) is 0. The van der Waals surface area contributed by atoms with Crippen molar-refractivity contribution in [1.82, 2.24) is 0 Å². The summed E-state index contributed by atoms with van der Waals surface area (Å²) in [4.78, 5) is 0. The normalized spacial score (nSPS) is 13.2. The molecule has 0 aliphatic carbocycles. The van der Waals surface area contributed by atoms with E-state index in [1.54, 1.807) is 6.07 Å². The lowest BCUT2D eigenvalue weighted by molar-refractivity contribution is 0.550. The van der Waals surface area contributed by atoms with Crippen LogP contribution < -0.4 is 0 Å². The quantitative estimate of drug-likeness (QED) is 0.568. The Hall–Kier alpha value is -1.11. The van der Waals surface area contributed by atoms with Crippen molar-refractivity contribution in [3.8, 4) is 0 Å². The Labute approximate surface area is 111 Å². The fourth-order valence-electron chi connectivity index (χ4n) is 2.29. The molecule has 1 rings (SSSR count). The molecule has 0 spiro atoms. The van der Waals surface area contributed by atoms with Crippen molar-refractivity contribution in [2.45, 2.75) is 59.3 Å². The Morgan fingerprint density at radius 2 is 1.78 bits per heavy atom. The molecule has 18 heavy (non-hydrogen) atoms. The first kappa shape index (κ1) is 14.9. The van der Waals surface area contributed by atoms with Gasteiger partial charge in [-0.2, -0.15) is 0 Å². The molecule has 0 amide bonds. The van der Waals surface area contributed by atoms with E-state index in [1.807, 2.05) is 13.0 Å². The van der Waals surface area contributed by atoms with Crippen LogP contribution in [0.1, 0.15) is 62.1 Å². The topological polar surface area (TPSA) is 0 Å². The molecule has 1 atom stereocenters. The summed E-state index contributed by atoms with van der Waals surface area (Å²) in [5, 5.41) is 0. The molecule has 0 bridgehead atoms. The maximum Gasteiger partial charge on any atom is 0.126 e. The van der Waals surface area contributed by atoms with Gasteiger partial charge >= 0.3 is 0 Å². The monoisotopic (exact) mass is 248 g/mol. The second kappa shape index (κ2) is 7.35. The highest BCUT2D eigenvalue weighted by molar-refractivity contribution is 5.33. The lowest BCUT2D eigenvalue weighted by Crippen LogP contribution is -2.02. The summed E-state index contributed by atoms with van der Waals surface area (Å²) in [6.45, 7) is 8.31. The van der Waals surface area contributed by atoms with Crippen molar-refractivity contribution in [1.29, 1.82) is 0 Å². The largest absolute Gasteiger partial charge is 0.207 e. The van der Waals surface area contributed by atoms with Gasteiger partial charge in [0, 0.05) is 0 Å². The highest BCUT2D eigenvalue weighted by Crippen LogP contribution is 2.29. The average Bonchev–Trinajstić information content (AvgIpc) is 2.33. The van der Waals surface area contributed by atoms with Crippen LogP contribution in [0.15, 0.2) is 24.3 Å². The SMILES string of the molecule is CC/C=C\CC(CCC)c1cc(C)c(C)cc1F. The second-order valence-electron chi connectivity index (χ2n) is 5.06. The van der Waals surface area contributed by atoms with Crippen molar-refractivity contribution < 1.29 is 4.39 Å². The Morgan fingerprint density at radius 1 is 1.11 bits per heavy atom. The van der Waals surface area contributed by atoms with Gasteiger partial charge in [0.1, 0.15) is 5.82 Å². The number of hydrogen-bond acceptors (Lipinski definition) is 0. The summed E-state index contributed by atoms with van der Waals surface area (Å²) in [5.41, 5.74) is 3.11. The minimum atomic E-state index is -0.0403. The molecule has 0 N–H and O–H groups in total. The van der Waals surface area contributed by atoms with Crippen LogP contribution in [0.4, 0.5) is 4.39 Å². The van der Waals surface area contributed by atoms with Gasteiger partial charge in [-0.3, -0.25) is 0 Å². The first-order valence-corrected chi connectivity index (χ1v) is 7.01. The van der Waals surface area contributed by atoms with Gasteiger partial charge in [0.2, 0.25) is 0 Å². The van der Waals surface area contributed by atoms with Crippen molar-refractivity contribution in [2.24, 2.45) is 0 Å². The van der Waals surface area contributed by atoms with Gasteiger partial charge in [0.05, 0.1) is 0 Å². The zero-order chi connectivity index (χ0) is 13.5. The van der Waals surface area contributed by atoms with Gasteiger partial charge in [-0.05, 0) is 61.8 Å². The molecule has 100 valence electrons. The first-order chi connectivity index (χ1) is 8.60. The molecule has 0 nitrogen and oxygen atoms in total. The molecule has 0 saturated heterocycles. The molecular formula is C17H25F. The van der Waals surface area contributed by atoms with Gasteiger partial charge < -0.3 is 0 Å². The Kier molecular flexibility index (Phi) is 6.11. The van der Waals surface area contributed by atoms with E-state index in [4.69, 9.17) is 0 Å². The molecule has 0 aromatic heterocycles. The summed E-state index contributed by atoms with van der Waals surface area (Å²) in [6.07, 6.45) is 8.50. The molecule has 0 saturated carbocycles. The standard InChI is InChI=1S/C17H25F/c1-5-7-8-10-15(9-6-2)16-11-13(3)14(4)12-17(16)18/h7-8,11-12,15H,5-6,9-10H2,1-4H3/b8-7-. The van der Waals surface area contributed by atoms with Crippen LogP contribution in [0.3, 0.4) is 0 Å². The Morgan fingerprint density at radius 3 is 2.39 bits per heavy atom. The van der Waals surface area contributed by atoms with Crippen molar-refractivity contribution in [3.63, 3.8) is 0 Å². The van der Waals surface area contributed by atoms with Crippen LogP contribution in [-0.2, 0) is 0 Å². The van der Waals surface area contributed by atoms with Gasteiger partial charge in [0.15, 0.2) is 0 Å². The maximum absolute atomic E-state index is 14.1. The predicted octanol–water partition coefficient (Wildman–Crippen LogP) is 5.68. The van der Waals surface area contributed by atoms with Crippen LogP contribution in [0.25, 0.3) is 0 Å².